The number of rotatable bonds is 14. The van der Waals surface area contributed by atoms with E-state index in [1.165, 1.54) is 0 Å². The fourth-order valence-corrected chi connectivity index (χ4v) is 2.40. The van der Waals surface area contributed by atoms with Crippen LogP contribution in [-0.4, -0.2) is 70.5 Å². The fourth-order valence-electron chi connectivity index (χ4n) is 2.40. The van der Waals surface area contributed by atoms with E-state index >= 15 is 0 Å². The van der Waals surface area contributed by atoms with Crippen molar-refractivity contribution in [3.8, 4) is 0 Å². The Morgan fingerprint density at radius 2 is 1.53 bits per heavy atom. The summed E-state index contributed by atoms with van der Waals surface area (Å²) in [6.07, 6.45) is -0.798. The molecule has 4 atom stereocenters. The summed E-state index contributed by atoms with van der Waals surface area (Å²) in [5.74, 6) is -6.51. The monoisotopic (exact) mass is 431 g/mol. The standard InChI is InChI=1S/C17H29N5O8/c1-3-8(2)14(16(28)21-10(17(29)30)6-13(25)26)22-15(27)9(4-5-11(19)23)20-12(24)7-18/h8-10,14H,3-7,18H2,1-2H3,(H2,19,23)(H,20,24)(H,21,28)(H,22,27)(H,25,26)(H,29,30). The van der Waals surface area contributed by atoms with Crippen molar-refractivity contribution in [2.45, 2.75) is 57.7 Å². The summed E-state index contributed by atoms with van der Waals surface area (Å²) in [5, 5.41) is 24.7. The number of hydrogen-bond donors (Lipinski definition) is 7. The number of nitrogens with one attached hydrogen (secondary N) is 3. The molecule has 0 saturated heterocycles. The summed E-state index contributed by atoms with van der Waals surface area (Å²) in [6, 6.07) is -4.12. The molecule has 0 aromatic carbocycles. The summed E-state index contributed by atoms with van der Waals surface area (Å²) in [6.45, 7) is 2.93. The maximum absolute atomic E-state index is 12.6. The number of carbonyl (C=O) groups excluding carboxylic acids is 4. The lowest BCUT2D eigenvalue weighted by Gasteiger charge is -2.27. The molecule has 0 aromatic rings. The van der Waals surface area contributed by atoms with Crippen LogP contribution in [0.1, 0.15) is 39.5 Å². The lowest BCUT2D eigenvalue weighted by molar-refractivity contribution is -0.147. The van der Waals surface area contributed by atoms with Gasteiger partial charge in [-0.2, -0.15) is 0 Å². The van der Waals surface area contributed by atoms with Crippen LogP contribution in [0.5, 0.6) is 0 Å². The Morgan fingerprint density at radius 3 is 1.97 bits per heavy atom. The molecule has 4 amide bonds. The summed E-state index contributed by atoms with van der Waals surface area (Å²) in [7, 11) is 0. The Hall–Kier alpha value is -3.22. The molecule has 0 rings (SSSR count). The van der Waals surface area contributed by atoms with Crippen LogP contribution in [0, 0.1) is 5.92 Å². The Bertz CT molecular complexity index is 669. The minimum absolute atomic E-state index is 0.140. The van der Waals surface area contributed by atoms with E-state index in [0.29, 0.717) is 6.42 Å². The van der Waals surface area contributed by atoms with E-state index in [9.17, 15) is 28.8 Å². The van der Waals surface area contributed by atoms with Crippen molar-refractivity contribution in [3.63, 3.8) is 0 Å². The van der Waals surface area contributed by atoms with E-state index in [-0.39, 0.29) is 12.8 Å². The molecular weight excluding hydrogens is 402 g/mol. The Morgan fingerprint density at radius 1 is 0.933 bits per heavy atom. The van der Waals surface area contributed by atoms with Crippen molar-refractivity contribution >= 4 is 35.6 Å². The molecule has 0 aliphatic carbocycles. The van der Waals surface area contributed by atoms with Crippen molar-refractivity contribution < 1.29 is 39.0 Å². The van der Waals surface area contributed by atoms with Gasteiger partial charge in [-0.25, -0.2) is 4.79 Å². The molecule has 0 aliphatic heterocycles. The number of carboxylic acids is 2. The van der Waals surface area contributed by atoms with Crippen LogP contribution in [0.15, 0.2) is 0 Å². The van der Waals surface area contributed by atoms with Gasteiger partial charge in [-0.05, 0) is 12.3 Å². The van der Waals surface area contributed by atoms with Crippen LogP contribution >= 0.6 is 0 Å². The second-order valence-corrected chi connectivity index (χ2v) is 6.70. The molecule has 0 aliphatic rings. The second-order valence-electron chi connectivity index (χ2n) is 6.70. The first-order valence-corrected chi connectivity index (χ1v) is 9.25. The summed E-state index contributed by atoms with van der Waals surface area (Å²) >= 11 is 0. The largest absolute Gasteiger partial charge is 0.481 e. The fraction of sp³-hybridized carbons (Fsp3) is 0.647. The summed E-state index contributed by atoms with van der Waals surface area (Å²) in [5.41, 5.74) is 10.3. The molecule has 0 bridgehead atoms. The first-order chi connectivity index (χ1) is 13.9. The van der Waals surface area contributed by atoms with E-state index in [0.717, 1.165) is 0 Å². The van der Waals surface area contributed by atoms with Gasteiger partial charge in [0.1, 0.15) is 18.1 Å². The average molecular weight is 431 g/mol. The maximum atomic E-state index is 12.6. The molecule has 9 N–H and O–H groups in total. The van der Waals surface area contributed by atoms with E-state index in [4.69, 9.17) is 21.7 Å². The van der Waals surface area contributed by atoms with Gasteiger partial charge in [0.2, 0.25) is 23.6 Å². The molecule has 13 heteroatoms. The Kier molecular flexibility index (Phi) is 11.7. The number of primary amides is 1. The molecule has 30 heavy (non-hydrogen) atoms. The maximum Gasteiger partial charge on any atom is 0.326 e. The topological polar surface area (TPSA) is 231 Å². The molecule has 0 radical (unpaired) electrons. The van der Waals surface area contributed by atoms with Crippen molar-refractivity contribution in [1.29, 1.82) is 0 Å². The minimum Gasteiger partial charge on any atom is -0.481 e. The third-order valence-corrected chi connectivity index (χ3v) is 4.30. The first-order valence-electron chi connectivity index (χ1n) is 9.25. The van der Waals surface area contributed by atoms with Crippen LogP contribution in [0.3, 0.4) is 0 Å². The van der Waals surface area contributed by atoms with Crippen molar-refractivity contribution in [1.82, 2.24) is 16.0 Å². The van der Waals surface area contributed by atoms with Crippen LogP contribution in [0.2, 0.25) is 0 Å². The third-order valence-electron chi connectivity index (χ3n) is 4.30. The smallest absolute Gasteiger partial charge is 0.326 e. The van der Waals surface area contributed by atoms with Crippen LogP contribution in [0.25, 0.3) is 0 Å². The highest BCUT2D eigenvalue weighted by atomic mass is 16.4. The predicted octanol–water partition coefficient (Wildman–Crippen LogP) is -2.73. The quantitative estimate of drug-likeness (QED) is 0.151. The molecule has 0 spiro atoms. The van der Waals surface area contributed by atoms with Gasteiger partial charge in [0, 0.05) is 6.42 Å². The van der Waals surface area contributed by atoms with Crippen molar-refractivity contribution in [2.24, 2.45) is 17.4 Å². The highest BCUT2D eigenvalue weighted by molar-refractivity contribution is 5.94. The molecular formula is C17H29N5O8. The van der Waals surface area contributed by atoms with Gasteiger partial charge in [0.25, 0.3) is 0 Å². The van der Waals surface area contributed by atoms with Gasteiger partial charge in [-0.3, -0.25) is 24.0 Å². The molecule has 0 aromatic heterocycles. The molecule has 0 saturated carbocycles. The Labute approximate surface area is 172 Å². The molecule has 13 nitrogen and oxygen atoms in total. The summed E-state index contributed by atoms with van der Waals surface area (Å²) in [4.78, 5) is 69.8. The minimum atomic E-state index is -1.69. The van der Waals surface area contributed by atoms with Gasteiger partial charge >= 0.3 is 11.9 Å². The van der Waals surface area contributed by atoms with Crippen molar-refractivity contribution in [2.75, 3.05) is 6.54 Å². The lowest BCUT2D eigenvalue weighted by atomic mass is 9.97. The first kappa shape index (κ1) is 26.8. The van der Waals surface area contributed by atoms with Gasteiger partial charge in [-0.15, -0.1) is 0 Å². The van der Waals surface area contributed by atoms with Gasteiger partial charge < -0.3 is 37.6 Å². The second kappa shape index (κ2) is 13.1. The molecule has 0 fully saturated rings. The number of carbonyl (C=O) groups is 6. The number of amides is 4. The zero-order valence-electron chi connectivity index (χ0n) is 16.8. The van der Waals surface area contributed by atoms with E-state index in [1.54, 1.807) is 13.8 Å². The average Bonchev–Trinajstić information content (AvgIpc) is 2.66. The third kappa shape index (κ3) is 9.82. The number of aliphatic carboxylic acids is 2. The molecule has 170 valence electrons. The van der Waals surface area contributed by atoms with Gasteiger partial charge in [0.15, 0.2) is 0 Å². The zero-order chi connectivity index (χ0) is 23.4. The molecule has 4 unspecified atom stereocenters. The van der Waals surface area contributed by atoms with E-state index in [2.05, 4.69) is 16.0 Å². The SMILES string of the molecule is CCC(C)C(NC(=O)C(CCC(N)=O)NC(=O)CN)C(=O)NC(CC(=O)O)C(=O)O. The molecule has 0 heterocycles. The van der Waals surface area contributed by atoms with E-state index in [1.807, 2.05) is 0 Å². The number of nitrogens with two attached hydrogens (primary N) is 2. The number of carboxylic acid groups (broad SMARTS) is 2. The van der Waals surface area contributed by atoms with Crippen molar-refractivity contribution in [3.05, 3.63) is 0 Å². The lowest BCUT2D eigenvalue weighted by Crippen LogP contribution is -2.58. The van der Waals surface area contributed by atoms with Crippen LogP contribution < -0.4 is 27.4 Å². The highest BCUT2D eigenvalue weighted by Crippen LogP contribution is 2.10. The van der Waals surface area contributed by atoms with Gasteiger partial charge in [-0.1, -0.05) is 20.3 Å². The van der Waals surface area contributed by atoms with E-state index < -0.39 is 72.6 Å². The predicted molar refractivity (Wildman–Crippen MR) is 103 cm³/mol. The highest BCUT2D eigenvalue weighted by Gasteiger charge is 2.32. The van der Waals surface area contributed by atoms with Crippen LogP contribution in [-0.2, 0) is 28.8 Å². The summed E-state index contributed by atoms with van der Waals surface area (Å²) < 4.78 is 0. The zero-order valence-corrected chi connectivity index (χ0v) is 16.8. The van der Waals surface area contributed by atoms with Crippen LogP contribution in [0.4, 0.5) is 0 Å². The number of hydrogen-bond acceptors (Lipinski definition) is 7. The Balaban J connectivity index is 5.47. The van der Waals surface area contributed by atoms with Gasteiger partial charge in [0.05, 0.1) is 13.0 Å². The normalized spacial score (nSPS) is 14.5.